The minimum Gasteiger partial charge on any atom is -0.472 e. The number of furan rings is 1. The van der Waals surface area contributed by atoms with Gasteiger partial charge in [-0.3, -0.25) is 4.68 Å². The molecule has 86 valence electrons. The summed E-state index contributed by atoms with van der Waals surface area (Å²) < 4.78 is 6.53. The van der Waals surface area contributed by atoms with E-state index in [4.69, 9.17) is 16.0 Å². The van der Waals surface area contributed by atoms with E-state index in [1.165, 1.54) is 12.5 Å². The molecule has 0 aromatic carbocycles. The van der Waals surface area contributed by atoms with Crippen LogP contribution in [0.5, 0.6) is 0 Å². The Morgan fingerprint density at radius 1 is 1.62 bits per heavy atom. The average molecular weight is 241 g/mol. The van der Waals surface area contributed by atoms with Crippen molar-refractivity contribution in [3.05, 3.63) is 40.6 Å². The van der Waals surface area contributed by atoms with E-state index in [1.54, 1.807) is 17.8 Å². The van der Waals surface area contributed by atoms with E-state index in [-0.39, 0.29) is 0 Å². The molecule has 0 amide bonds. The Kier molecular flexibility index (Phi) is 3.03. The summed E-state index contributed by atoms with van der Waals surface area (Å²) in [7, 11) is 1.78. The van der Waals surface area contributed by atoms with Gasteiger partial charge in [0.15, 0.2) is 0 Å². The van der Waals surface area contributed by atoms with E-state index >= 15 is 0 Å². The lowest BCUT2D eigenvalue weighted by molar-refractivity contribution is 0.177. The zero-order valence-corrected chi connectivity index (χ0v) is 9.90. The fraction of sp³-hybridized carbons (Fsp3) is 0.364. The van der Waals surface area contributed by atoms with Gasteiger partial charge in [-0.25, -0.2) is 0 Å². The molecule has 2 aromatic rings. The Morgan fingerprint density at radius 3 is 2.88 bits per heavy atom. The third kappa shape index (κ3) is 1.99. The molecule has 0 saturated heterocycles. The fourth-order valence-electron chi connectivity index (χ4n) is 1.68. The van der Waals surface area contributed by atoms with Crippen LogP contribution < -0.4 is 0 Å². The van der Waals surface area contributed by atoms with Gasteiger partial charge in [0.1, 0.15) is 5.15 Å². The van der Waals surface area contributed by atoms with Crippen LogP contribution >= 0.6 is 11.6 Å². The van der Waals surface area contributed by atoms with Crippen LogP contribution in [0.2, 0.25) is 5.15 Å². The highest BCUT2D eigenvalue weighted by molar-refractivity contribution is 6.30. The largest absolute Gasteiger partial charge is 0.472 e. The molecule has 4 nitrogen and oxygen atoms in total. The van der Waals surface area contributed by atoms with Gasteiger partial charge in [0.2, 0.25) is 0 Å². The maximum Gasteiger partial charge on any atom is 0.130 e. The smallest absolute Gasteiger partial charge is 0.130 e. The van der Waals surface area contributed by atoms with Crippen molar-refractivity contribution in [2.45, 2.75) is 19.4 Å². The van der Waals surface area contributed by atoms with E-state index in [0.717, 1.165) is 16.8 Å². The summed E-state index contributed by atoms with van der Waals surface area (Å²) >= 11 is 6.09. The SMILES string of the molecule is Cc1nn(C)c(Cl)c1CC(O)c1ccoc1. The number of aromatic nitrogens is 2. The first-order valence-electron chi connectivity index (χ1n) is 4.97. The van der Waals surface area contributed by atoms with Crippen LogP contribution in [-0.2, 0) is 13.5 Å². The number of nitrogens with zero attached hydrogens (tertiary/aromatic N) is 2. The summed E-state index contributed by atoms with van der Waals surface area (Å²) in [6.45, 7) is 1.88. The molecule has 0 bridgehead atoms. The molecule has 2 rings (SSSR count). The van der Waals surface area contributed by atoms with Gasteiger partial charge in [0.25, 0.3) is 0 Å². The van der Waals surface area contributed by atoms with Gasteiger partial charge in [-0.2, -0.15) is 5.10 Å². The highest BCUT2D eigenvalue weighted by atomic mass is 35.5. The molecule has 0 aliphatic carbocycles. The van der Waals surface area contributed by atoms with Crippen LogP contribution in [0.4, 0.5) is 0 Å². The van der Waals surface area contributed by atoms with Gasteiger partial charge in [0, 0.05) is 24.6 Å². The lowest BCUT2D eigenvalue weighted by Crippen LogP contribution is -2.01. The molecule has 16 heavy (non-hydrogen) atoms. The monoisotopic (exact) mass is 240 g/mol. The molecule has 0 fully saturated rings. The Hall–Kier alpha value is -1.26. The number of hydrogen-bond donors (Lipinski definition) is 1. The lowest BCUT2D eigenvalue weighted by atomic mass is 10.0. The number of aliphatic hydroxyl groups excluding tert-OH is 1. The number of halogens is 1. The van der Waals surface area contributed by atoms with Crippen molar-refractivity contribution in [3.8, 4) is 0 Å². The normalized spacial score (nSPS) is 13.0. The third-order valence-electron chi connectivity index (χ3n) is 2.60. The third-order valence-corrected chi connectivity index (χ3v) is 3.07. The Morgan fingerprint density at radius 2 is 2.38 bits per heavy atom. The maximum atomic E-state index is 9.97. The second kappa shape index (κ2) is 4.31. The van der Waals surface area contributed by atoms with Crippen molar-refractivity contribution in [3.63, 3.8) is 0 Å². The predicted molar refractivity (Wildman–Crippen MR) is 60.3 cm³/mol. The molecular weight excluding hydrogens is 228 g/mol. The fourth-order valence-corrected chi connectivity index (χ4v) is 1.93. The lowest BCUT2D eigenvalue weighted by Gasteiger charge is -2.07. The molecule has 2 aromatic heterocycles. The molecule has 1 N–H and O–H groups in total. The molecule has 0 aliphatic rings. The number of hydrogen-bond acceptors (Lipinski definition) is 3. The second-order valence-electron chi connectivity index (χ2n) is 3.75. The van der Waals surface area contributed by atoms with Crippen molar-refractivity contribution < 1.29 is 9.52 Å². The number of rotatable bonds is 3. The minimum absolute atomic E-state index is 0.443. The zero-order valence-electron chi connectivity index (χ0n) is 9.14. The van der Waals surface area contributed by atoms with Gasteiger partial charge in [0.05, 0.1) is 24.3 Å². The Bertz CT molecular complexity index is 476. The van der Waals surface area contributed by atoms with Crippen LogP contribution in [0.25, 0.3) is 0 Å². The summed E-state index contributed by atoms with van der Waals surface area (Å²) in [5, 5.41) is 14.7. The topological polar surface area (TPSA) is 51.2 Å². The first-order chi connectivity index (χ1) is 7.59. The highest BCUT2D eigenvalue weighted by Crippen LogP contribution is 2.25. The van der Waals surface area contributed by atoms with Crippen molar-refractivity contribution in [1.82, 2.24) is 9.78 Å². The molecule has 0 radical (unpaired) electrons. The van der Waals surface area contributed by atoms with Crippen LogP contribution in [0.1, 0.15) is 22.9 Å². The van der Waals surface area contributed by atoms with Crippen LogP contribution in [-0.4, -0.2) is 14.9 Å². The van der Waals surface area contributed by atoms with Crippen LogP contribution in [0.15, 0.2) is 23.0 Å². The van der Waals surface area contributed by atoms with Crippen LogP contribution in [0.3, 0.4) is 0 Å². The van der Waals surface area contributed by atoms with Crippen LogP contribution in [0, 0.1) is 6.92 Å². The maximum absolute atomic E-state index is 9.97. The van der Waals surface area contributed by atoms with E-state index in [9.17, 15) is 5.11 Å². The molecule has 0 spiro atoms. The first kappa shape index (κ1) is 11.2. The summed E-state index contributed by atoms with van der Waals surface area (Å²) in [6, 6.07) is 1.74. The summed E-state index contributed by atoms with van der Waals surface area (Å²) in [4.78, 5) is 0. The van der Waals surface area contributed by atoms with E-state index in [0.29, 0.717) is 11.6 Å². The van der Waals surface area contributed by atoms with Crippen molar-refractivity contribution in [1.29, 1.82) is 0 Å². The molecule has 1 atom stereocenters. The molecular formula is C11H13ClN2O2. The van der Waals surface area contributed by atoms with Gasteiger partial charge in [-0.15, -0.1) is 0 Å². The highest BCUT2D eigenvalue weighted by Gasteiger charge is 2.17. The van der Waals surface area contributed by atoms with Crippen molar-refractivity contribution >= 4 is 11.6 Å². The summed E-state index contributed by atoms with van der Waals surface area (Å²) in [6.07, 6.45) is 2.90. The summed E-state index contributed by atoms with van der Waals surface area (Å²) in [5.41, 5.74) is 2.47. The Balaban J connectivity index is 2.21. The number of aliphatic hydroxyl groups is 1. The van der Waals surface area contributed by atoms with Crippen molar-refractivity contribution in [2.24, 2.45) is 7.05 Å². The van der Waals surface area contributed by atoms with Crippen molar-refractivity contribution in [2.75, 3.05) is 0 Å². The Labute approximate surface area is 98.4 Å². The van der Waals surface area contributed by atoms with Gasteiger partial charge < -0.3 is 9.52 Å². The van der Waals surface area contributed by atoms with Gasteiger partial charge in [-0.05, 0) is 13.0 Å². The second-order valence-corrected chi connectivity index (χ2v) is 4.11. The summed E-state index contributed by atoms with van der Waals surface area (Å²) in [5.74, 6) is 0. The average Bonchev–Trinajstić information content (AvgIpc) is 2.83. The standard InChI is InChI=1S/C11H13ClN2O2/c1-7-9(11(12)14(2)13-7)5-10(15)8-3-4-16-6-8/h3-4,6,10,15H,5H2,1-2H3. The van der Waals surface area contributed by atoms with E-state index in [2.05, 4.69) is 5.10 Å². The van der Waals surface area contributed by atoms with Gasteiger partial charge >= 0.3 is 0 Å². The molecule has 2 heterocycles. The van der Waals surface area contributed by atoms with E-state index in [1.807, 2.05) is 6.92 Å². The molecule has 5 heteroatoms. The molecule has 0 saturated carbocycles. The molecule has 0 aliphatic heterocycles. The quantitative estimate of drug-likeness (QED) is 0.895. The van der Waals surface area contributed by atoms with Gasteiger partial charge in [-0.1, -0.05) is 11.6 Å². The van der Waals surface area contributed by atoms with E-state index < -0.39 is 6.10 Å². The first-order valence-corrected chi connectivity index (χ1v) is 5.35. The number of aryl methyl sites for hydroxylation is 2. The predicted octanol–water partition coefficient (Wildman–Crippen LogP) is 2.25. The molecule has 1 unspecified atom stereocenters. The minimum atomic E-state index is -0.612. The zero-order chi connectivity index (χ0) is 11.7.